The first-order chi connectivity index (χ1) is 6.66. The number of aryl methyl sites for hydroxylation is 1. The molecular formula is C14H18. The second-order valence-electron chi connectivity index (χ2n) is 4.72. The molecule has 0 atom stereocenters. The van der Waals surface area contributed by atoms with Crippen LogP contribution in [0.4, 0.5) is 0 Å². The Balaban J connectivity index is 2.23. The third-order valence-corrected chi connectivity index (χ3v) is 2.88. The van der Waals surface area contributed by atoms with Crippen molar-refractivity contribution in [2.24, 2.45) is 5.92 Å². The quantitative estimate of drug-likeness (QED) is 0.655. The summed E-state index contributed by atoms with van der Waals surface area (Å²) in [5.41, 5.74) is 6.03. The molecule has 0 bridgehead atoms. The first-order valence-corrected chi connectivity index (χ1v) is 5.44. The van der Waals surface area contributed by atoms with E-state index in [0.717, 1.165) is 5.92 Å². The maximum atomic E-state index is 2.38. The fourth-order valence-electron chi connectivity index (χ4n) is 2.26. The first-order valence-electron chi connectivity index (χ1n) is 5.44. The highest BCUT2D eigenvalue weighted by molar-refractivity contribution is 5.65. The number of benzene rings is 1. The SMILES string of the molecule is Cc1cccc2c1CC(CC(C)C)=C2. The van der Waals surface area contributed by atoms with Crippen molar-refractivity contribution in [1.29, 1.82) is 0 Å². The second kappa shape index (κ2) is 3.61. The van der Waals surface area contributed by atoms with Crippen molar-refractivity contribution in [1.82, 2.24) is 0 Å². The fourth-order valence-corrected chi connectivity index (χ4v) is 2.26. The molecule has 0 saturated heterocycles. The van der Waals surface area contributed by atoms with Gasteiger partial charge in [0.1, 0.15) is 0 Å². The minimum Gasteiger partial charge on any atom is -0.0649 e. The standard InChI is InChI=1S/C14H18/c1-10(2)7-12-8-13-6-4-5-11(3)14(13)9-12/h4-6,8,10H,7,9H2,1-3H3. The maximum absolute atomic E-state index is 2.38. The molecule has 0 radical (unpaired) electrons. The van der Waals surface area contributed by atoms with Gasteiger partial charge in [0.15, 0.2) is 0 Å². The molecule has 0 aromatic heterocycles. The van der Waals surface area contributed by atoms with Gasteiger partial charge in [-0.15, -0.1) is 0 Å². The molecule has 74 valence electrons. The zero-order valence-electron chi connectivity index (χ0n) is 9.30. The Hall–Kier alpha value is -1.04. The molecule has 1 aromatic carbocycles. The molecule has 0 nitrogen and oxygen atoms in total. The molecule has 1 aliphatic rings. The summed E-state index contributed by atoms with van der Waals surface area (Å²) in [6.45, 7) is 6.79. The molecule has 0 heteroatoms. The topological polar surface area (TPSA) is 0 Å². The highest BCUT2D eigenvalue weighted by Crippen LogP contribution is 2.30. The van der Waals surface area contributed by atoms with Crippen molar-refractivity contribution in [2.75, 3.05) is 0 Å². The van der Waals surface area contributed by atoms with Crippen molar-refractivity contribution in [3.8, 4) is 0 Å². The van der Waals surface area contributed by atoms with Crippen LogP contribution in [0, 0.1) is 12.8 Å². The van der Waals surface area contributed by atoms with Crippen molar-refractivity contribution in [3.63, 3.8) is 0 Å². The van der Waals surface area contributed by atoms with E-state index in [2.05, 4.69) is 45.0 Å². The van der Waals surface area contributed by atoms with Crippen LogP contribution in [0.2, 0.25) is 0 Å². The number of rotatable bonds is 2. The highest BCUT2D eigenvalue weighted by atomic mass is 14.2. The second-order valence-corrected chi connectivity index (χ2v) is 4.72. The Labute approximate surface area is 86.7 Å². The van der Waals surface area contributed by atoms with Gasteiger partial charge in [-0.25, -0.2) is 0 Å². The van der Waals surface area contributed by atoms with Crippen LogP contribution in [-0.2, 0) is 6.42 Å². The van der Waals surface area contributed by atoms with Crippen LogP contribution in [0.1, 0.15) is 37.0 Å². The van der Waals surface area contributed by atoms with Gasteiger partial charge in [-0.1, -0.05) is 43.7 Å². The highest BCUT2D eigenvalue weighted by Gasteiger charge is 2.14. The average molecular weight is 186 g/mol. The molecule has 0 aliphatic heterocycles. The van der Waals surface area contributed by atoms with Crippen LogP contribution in [0.25, 0.3) is 6.08 Å². The molecule has 0 unspecified atom stereocenters. The van der Waals surface area contributed by atoms with E-state index in [1.165, 1.54) is 24.0 Å². The minimum absolute atomic E-state index is 0.774. The third kappa shape index (κ3) is 1.75. The average Bonchev–Trinajstić information content (AvgIpc) is 2.47. The van der Waals surface area contributed by atoms with Gasteiger partial charge in [0, 0.05) is 0 Å². The number of fused-ring (bicyclic) bond motifs is 1. The van der Waals surface area contributed by atoms with E-state index in [1.807, 2.05) is 0 Å². The lowest BCUT2D eigenvalue weighted by Crippen LogP contribution is -1.93. The maximum Gasteiger partial charge on any atom is -0.00551 e. The number of allylic oxidation sites excluding steroid dienone is 1. The molecule has 14 heavy (non-hydrogen) atoms. The third-order valence-electron chi connectivity index (χ3n) is 2.88. The largest absolute Gasteiger partial charge is 0.0649 e. The first kappa shape index (κ1) is 9.51. The Morgan fingerprint density at radius 1 is 1.29 bits per heavy atom. The van der Waals surface area contributed by atoms with Crippen LogP contribution < -0.4 is 0 Å². The monoisotopic (exact) mass is 186 g/mol. The fraction of sp³-hybridized carbons (Fsp3) is 0.429. The summed E-state index contributed by atoms with van der Waals surface area (Å²) in [5.74, 6) is 0.774. The zero-order chi connectivity index (χ0) is 10.1. The van der Waals surface area contributed by atoms with E-state index in [4.69, 9.17) is 0 Å². The van der Waals surface area contributed by atoms with Gasteiger partial charge < -0.3 is 0 Å². The minimum atomic E-state index is 0.774. The van der Waals surface area contributed by atoms with E-state index in [-0.39, 0.29) is 0 Å². The van der Waals surface area contributed by atoms with E-state index in [9.17, 15) is 0 Å². The van der Waals surface area contributed by atoms with Crippen molar-refractivity contribution in [3.05, 3.63) is 40.5 Å². The Kier molecular flexibility index (Phi) is 2.45. The summed E-state index contributed by atoms with van der Waals surface area (Å²) in [4.78, 5) is 0. The lowest BCUT2D eigenvalue weighted by Gasteiger charge is -2.06. The van der Waals surface area contributed by atoms with Crippen LogP contribution in [-0.4, -0.2) is 0 Å². The van der Waals surface area contributed by atoms with Gasteiger partial charge in [0.05, 0.1) is 0 Å². The van der Waals surface area contributed by atoms with Crippen LogP contribution >= 0.6 is 0 Å². The van der Waals surface area contributed by atoms with Gasteiger partial charge in [-0.2, -0.15) is 0 Å². The summed E-state index contributed by atoms with van der Waals surface area (Å²) in [6.07, 6.45) is 4.80. The van der Waals surface area contributed by atoms with Gasteiger partial charge in [0.2, 0.25) is 0 Å². The number of hydrogen-bond donors (Lipinski definition) is 0. The lowest BCUT2D eigenvalue weighted by atomic mass is 9.99. The Morgan fingerprint density at radius 3 is 2.71 bits per heavy atom. The van der Waals surface area contributed by atoms with Crippen molar-refractivity contribution >= 4 is 6.08 Å². The summed E-state index contributed by atoms with van der Waals surface area (Å²) < 4.78 is 0. The van der Waals surface area contributed by atoms with Crippen LogP contribution in [0.3, 0.4) is 0 Å². The van der Waals surface area contributed by atoms with Crippen molar-refractivity contribution < 1.29 is 0 Å². The predicted molar refractivity (Wildman–Crippen MR) is 62.3 cm³/mol. The van der Waals surface area contributed by atoms with E-state index in [0.29, 0.717) is 0 Å². The molecule has 0 amide bonds. The van der Waals surface area contributed by atoms with Gasteiger partial charge >= 0.3 is 0 Å². The molecule has 0 N–H and O–H groups in total. The van der Waals surface area contributed by atoms with Gasteiger partial charge in [0.25, 0.3) is 0 Å². The molecule has 0 spiro atoms. The molecule has 2 rings (SSSR count). The zero-order valence-corrected chi connectivity index (χ0v) is 9.30. The summed E-state index contributed by atoms with van der Waals surface area (Å²) in [5, 5.41) is 0. The molecule has 1 aliphatic carbocycles. The summed E-state index contributed by atoms with van der Waals surface area (Å²) in [6, 6.07) is 6.60. The normalized spacial score (nSPS) is 14.4. The van der Waals surface area contributed by atoms with E-state index < -0.39 is 0 Å². The number of hydrogen-bond acceptors (Lipinski definition) is 0. The van der Waals surface area contributed by atoms with E-state index in [1.54, 1.807) is 11.1 Å². The lowest BCUT2D eigenvalue weighted by molar-refractivity contribution is 0.638. The molecule has 0 heterocycles. The van der Waals surface area contributed by atoms with Gasteiger partial charge in [-0.05, 0) is 42.4 Å². The Morgan fingerprint density at radius 2 is 2.07 bits per heavy atom. The summed E-state index contributed by atoms with van der Waals surface area (Å²) >= 11 is 0. The van der Waals surface area contributed by atoms with Crippen LogP contribution in [0.15, 0.2) is 23.8 Å². The predicted octanol–water partition coefficient (Wildman–Crippen LogP) is 3.98. The molecular weight excluding hydrogens is 168 g/mol. The summed E-state index contributed by atoms with van der Waals surface area (Å²) in [7, 11) is 0. The molecule has 1 aromatic rings. The smallest absolute Gasteiger partial charge is 0.00551 e. The van der Waals surface area contributed by atoms with E-state index >= 15 is 0 Å². The van der Waals surface area contributed by atoms with Crippen molar-refractivity contribution in [2.45, 2.75) is 33.6 Å². The Bertz CT molecular complexity index is 370. The molecule has 0 saturated carbocycles. The molecule has 0 fully saturated rings. The van der Waals surface area contributed by atoms with Crippen LogP contribution in [0.5, 0.6) is 0 Å². The van der Waals surface area contributed by atoms with Gasteiger partial charge in [-0.3, -0.25) is 0 Å².